The lowest BCUT2D eigenvalue weighted by Gasteiger charge is -2.35. The van der Waals surface area contributed by atoms with E-state index in [1.54, 1.807) is 11.8 Å². The van der Waals surface area contributed by atoms with E-state index in [1.807, 2.05) is 18.3 Å². The molecule has 2 rings (SSSR count). The van der Waals surface area contributed by atoms with Gasteiger partial charge in [0.2, 0.25) is 0 Å². The average molecular weight is 288 g/mol. The van der Waals surface area contributed by atoms with Crippen molar-refractivity contribution in [3.05, 3.63) is 23.4 Å². The van der Waals surface area contributed by atoms with Gasteiger partial charge in [0.15, 0.2) is 0 Å². The number of hydrogen-bond acceptors (Lipinski definition) is 3. The van der Waals surface area contributed by atoms with Crippen molar-refractivity contribution in [2.45, 2.75) is 37.1 Å². The topological polar surface area (TPSA) is 12.9 Å². The van der Waals surface area contributed by atoms with E-state index in [2.05, 4.69) is 17.6 Å². The lowest BCUT2D eigenvalue weighted by atomic mass is 9.77. The Hall–Kier alpha value is 0.140. The van der Waals surface area contributed by atoms with Crippen molar-refractivity contribution in [3.63, 3.8) is 0 Å². The number of rotatable bonds is 4. The Labute approximate surface area is 118 Å². The number of pyridine rings is 1. The van der Waals surface area contributed by atoms with E-state index < -0.39 is 0 Å². The fourth-order valence-electron chi connectivity index (χ4n) is 2.35. The van der Waals surface area contributed by atoms with Gasteiger partial charge >= 0.3 is 0 Å². The summed E-state index contributed by atoms with van der Waals surface area (Å²) in [4.78, 5) is 4.33. The lowest BCUT2D eigenvalue weighted by molar-refractivity contribution is 0.258. The molecule has 1 nitrogen and oxygen atoms in total. The van der Waals surface area contributed by atoms with E-state index in [0.717, 1.165) is 21.6 Å². The van der Waals surface area contributed by atoms with Crippen LogP contribution >= 0.6 is 36.0 Å². The molecule has 0 atom stereocenters. The molecule has 0 bridgehead atoms. The third-order valence-corrected chi connectivity index (χ3v) is 5.93. The van der Waals surface area contributed by atoms with Gasteiger partial charge in [-0.25, -0.2) is 4.98 Å². The number of aromatic nitrogens is 1. The first-order chi connectivity index (χ1) is 8.26. The molecule has 0 aliphatic heterocycles. The van der Waals surface area contributed by atoms with Crippen LogP contribution in [0.5, 0.6) is 0 Å². The minimum Gasteiger partial charge on any atom is -0.248 e. The normalized spacial score (nSPS) is 19.2. The van der Waals surface area contributed by atoms with Gasteiger partial charge in [-0.3, -0.25) is 0 Å². The zero-order valence-corrected chi connectivity index (χ0v) is 12.3. The summed E-state index contributed by atoms with van der Waals surface area (Å²) in [5.41, 5.74) is 0.396. The molecular formula is C13H18ClNS2. The standard InChI is InChI=1S/C13H18ClNS2/c14-11-5-4-8-15-12(11)17-10-13(9-16)6-2-1-3-7-13/h4-5,8,16H,1-3,6-7,9-10H2. The van der Waals surface area contributed by atoms with Crippen molar-refractivity contribution >= 4 is 36.0 Å². The molecule has 17 heavy (non-hydrogen) atoms. The van der Waals surface area contributed by atoms with Crippen LogP contribution in [0.4, 0.5) is 0 Å². The largest absolute Gasteiger partial charge is 0.248 e. The molecule has 0 amide bonds. The molecule has 0 aromatic carbocycles. The number of nitrogens with zero attached hydrogens (tertiary/aromatic N) is 1. The maximum absolute atomic E-state index is 6.13. The van der Waals surface area contributed by atoms with Crippen molar-refractivity contribution < 1.29 is 0 Å². The Morgan fingerprint density at radius 2 is 2.12 bits per heavy atom. The summed E-state index contributed by atoms with van der Waals surface area (Å²) in [6, 6.07) is 3.78. The highest BCUT2D eigenvalue weighted by Crippen LogP contribution is 2.41. The summed E-state index contributed by atoms with van der Waals surface area (Å²) in [6.45, 7) is 0. The summed E-state index contributed by atoms with van der Waals surface area (Å²) < 4.78 is 0. The van der Waals surface area contributed by atoms with Crippen molar-refractivity contribution in [3.8, 4) is 0 Å². The van der Waals surface area contributed by atoms with Crippen LogP contribution in [0.2, 0.25) is 5.02 Å². The van der Waals surface area contributed by atoms with Gasteiger partial charge in [-0.05, 0) is 36.1 Å². The molecule has 0 radical (unpaired) electrons. The molecule has 1 aliphatic carbocycles. The predicted molar refractivity (Wildman–Crippen MR) is 79.3 cm³/mol. The quantitative estimate of drug-likeness (QED) is 0.636. The molecule has 4 heteroatoms. The fraction of sp³-hybridized carbons (Fsp3) is 0.615. The van der Waals surface area contributed by atoms with Gasteiger partial charge in [0, 0.05) is 11.9 Å². The molecule has 1 aliphatic rings. The minimum atomic E-state index is 0.396. The SMILES string of the molecule is SCC1(CSc2ncccc2Cl)CCCCC1. The van der Waals surface area contributed by atoms with Crippen LogP contribution < -0.4 is 0 Å². The van der Waals surface area contributed by atoms with Crippen molar-refractivity contribution in [1.82, 2.24) is 4.98 Å². The highest BCUT2D eigenvalue weighted by atomic mass is 35.5. The average Bonchev–Trinajstić information content (AvgIpc) is 2.39. The Kier molecular flexibility index (Phi) is 5.07. The van der Waals surface area contributed by atoms with Gasteiger partial charge < -0.3 is 0 Å². The Morgan fingerprint density at radius 3 is 2.76 bits per heavy atom. The first-order valence-corrected chi connectivity index (χ1v) is 8.10. The van der Waals surface area contributed by atoms with E-state index in [0.29, 0.717) is 5.41 Å². The summed E-state index contributed by atoms with van der Waals surface area (Å²) in [5, 5.41) is 1.73. The van der Waals surface area contributed by atoms with Gasteiger partial charge in [-0.15, -0.1) is 11.8 Å². The van der Waals surface area contributed by atoms with Crippen LogP contribution in [0.3, 0.4) is 0 Å². The molecular weight excluding hydrogens is 270 g/mol. The van der Waals surface area contributed by atoms with Crippen LogP contribution in [0, 0.1) is 5.41 Å². The van der Waals surface area contributed by atoms with Gasteiger partial charge in [0.1, 0.15) is 5.03 Å². The van der Waals surface area contributed by atoms with Crippen molar-refractivity contribution in [2.75, 3.05) is 11.5 Å². The molecule has 0 spiro atoms. The molecule has 0 unspecified atom stereocenters. The van der Waals surface area contributed by atoms with Gasteiger partial charge in [-0.2, -0.15) is 12.6 Å². The monoisotopic (exact) mass is 287 g/mol. The summed E-state index contributed by atoms with van der Waals surface area (Å²) in [6.07, 6.45) is 8.48. The fourth-order valence-corrected chi connectivity index (χ4v) is 4.39. The minimum absolute atomic E-state index is 0.396. The van der Waals surface area contributed by atoms with E-state index in [-0.39, 0.29) is 0 Å². The first kappa shape index (κ1) is 13.6. The molecule has 0 N–H and O–H groups in total. The molecule has 0 saturated heterocycles. The second-order valence-electron chi connectivity index (χ2n) is 4.80. The third-order valence-electron chi connectivity index (χ3n) is 3.49. The van der Waals surface area contributed by atoms with Gasteiger partial charge in [-0.1, -0.05) is 30.9 Å². The van der Waals surface area contributed by atoms with Crippen LogP contribution in [-0.2, 0) is 0 Å². The van der Waals surface area contributed by atoms with E-state index >= 15 is 0 Å². The highest BCUT2D eigenvalue weighted by Gasteiger charge is 2.30. The third kappa shape index (κ3) is 3.55. The number of thioether (sulfide) groups is 1. The van der Waals surface area contributed by atoms with E-state index in [9.17, 15) is 0 Å². The number of thiol groups is 1. The number of hydrogen-bond donors (Lipinski definition) is 1. The zero-order valence-electron chi connectivity index (χ0n) is 9.86. The molecule has 1 heterocycles. The molecule has 1 fully saturated rings. The van der Waals surface area contributed by atoms with Crippen LogP contribution in [0.25, 0.3) is 0 Å². The van der Waals surface area contributed by atoms with Crippen molar-refractivity contribution in [1.29, 1.82) is 0 Å². The van der Waals surface area contributed by atoms with Gasteiger partial charge in [0.05, 0.1) is 5.02 Å². The highest BCUT2D eigenvalue weighted by molar-refractivity contribution is 7.99. The Balaban J connectivity index is 1.98. The van der Waals surface area contributed by atoms with E-state index in [1.165, 1.54) is 32.1 Å². The Bertz CT molecular complexity index is 364. The van der Waals surface area contributed by atoms with Crippen LogP contribution in [0.15, 0.2) is 23.4 Å². The van der Waals surface area contributed by atoms with Crippen LogP contribution in [0.1, 0.15) is 32.1 Å². The zero-order chi connectivity index (χ0) is 12.1. The molecule has 1 aromatic rings. The maximum Gasteiger partial charge on any atom is 0.115 e. The van der Waals surface area contributed by atoms with Crippen LogP contribution in [-0.4, -0.2) is 16.5 Å². The molecule has 1 saturated carbocycles. The summed E-state index contributed by atoms with van der Waals surface area (Å²) in [7, 11) is 0. The first-order valence-electron chi connectivity index (χ1n) is 6.10. The molecule has 1 aromatic heterocycles. The summed E-state index contributed by atoms with van der Waals surface area (Å²) >= 11 is 12.5. The maximum atomic E-state index is 6.13. The lowest BCUT2D eigenvalue weighted by Crippen LogP contribution is -2.28. The Morgan fingerprint density at radius 1 is 1.35 bits per heavy atom. The molecule has 94 valence electrons. The summed E-state index contributed by atoms with van der Waals surface area (Å²) in [5.74, 6) is 2.07. The van der Waals surface area contributed by atoms with Crippen molar-refractivity contribution in [2.24, 2.45) is 5.41 Å². The second kappa shape index (κ2) is 6.35. The number of halogens is 1. The predicted octanol–water partition coefficient (Wildman–Crippen LogP) is 4.71. The van der Waals surface area contributed by atoms with Gasteiger partial charge in [0.25, 0.3) is 0 Å². The van der Waals surface area contributed by atoms with E-state index in [4.69, 9.17) is 11.6 Å². The second-order valence-corrected chi connectivity index (χ2v) is 6.49. The smallest absolute Gasteiger partial charge is 0.115 e.